The minimum atomic E-state index is 0. The number of unbranched alkanes of at least 4 members (excludes halogenated alkanes) is 8. The summed E-state index contributed by atoms with van der Waals surface area (Å²) in [5, 5.41) is 0. The highest BCUT2D eigenvalue weighted by Crippen LogP contribution is 2.00. The molecule has 0 spiro atoms. The van der Waals surface area contributed by atoms with E-state index in [1.165, 1.54) is 64.2 Å². The smallest absolute Gasteiger partial charge is 0.0533 e. The predicted octanol–water partition coefficient (Wildman–Crippen LogP) is 13.6. The molecular formula is C26H80. The lowest BCUT2D eigenvalue weighted by Gasteiger charge is -1.90. The van der Waals surface area contributed by atoms with Crippen LogP contribution in [0, 0.1) is 0 Å². The molecule has 0 aliphatic rings. The molecule has 0 radical (unpaired) electrons. The molecule has 0 N–H and O–H groups in total. The molecule has 0 amide bonds. The van der Waals surface area contributed by atoms with Gasteiger partial charge in [0.15, 0.2) is 0 Å². The lowest BCUT2D eigenvalue weighted by atomic mass is 10.2. The van der Waals surface area contributed by atoms with E-state index in [0.29, 0.717) is 0 Å². The Bertz CT molecular complexity index is 48.4. The van der Waals surface area contributed by atoms with Crippen molar-refractivity contribution in [3.63, 3.8) is 0 Å². The molecule has 0 rings (SSSR count). The van der Waals surface area contributed by atoms with E-state index in [1.54, 1.807) is 0 Å². The van der Waals surface area contributed by atoms with Crippen LogP contribution in [-0.2, 0) is 0 Å². The van der Waals surface area contributed by atoms with Crippen molar-refractivity contribution in [3.05, 3.63) is 0 Å². The maximum Gasteiger partial charge on any atom is -0.0533 e. The predicted molar refractivity (Wildman–Crippen MR) is 150 cm³/mol. The zero-order chi connectivity index (χ0) is 11.1. The van der Waals surface area contributed by atoms with Gasteiger partial charge in [0.1, 0.15) is 0 Å². The topological polar surface area (TPSA) is 0 Å². The first-order valence-electron chi connectivity index (χ1n) is 6.83. The summed E-state index contributed by atoms with van der Waals surface area (Å²) in [5.41, 5.74) is 0. The van der Waals surface area contributed by atoms with Crippen LogP contribution in [0.1, 0.15) is 181 Å². The fourth-order valence-corrected chi connectivity index (χ4v) is 1.35. The summed E-state index contributed by atoms with van der Waals surface area (Å²) in [6.07, 6.45) is 14.0. The van der Waals surface area contributed by atoms with Crippen LogP contribution in [0.4, 0.5) is 0 Å². The first-order valence-corrected chi connectivity index (χ1v) is 6.83. The monoisotopic (exact) mass is 393 g/mol. The molecule has 0 heteroatoms. The number of hydrogen-bond donors (Lipinski definition) is 0. The van der Waals surface area contributed by atoms with Crippen molar-refractivity contribution in [1.29, 1.82) is 0 Å². The first kappa shape index (κ1) is 113. The molecule has 0 nitrogen and oxygen atoms in total. The number of hydrogen-bond acceptors (Lipinski definition) is 0. The Kier molecular flexibility index (Phi) is 625. The summed E-state index contributed by atoms with van der Waals surface area (Å²) in [7, 11) is 0. The second-order valence-corrected chi connectivity index (χ2v) is 4.12. The van der Waals surface area contributed by atoms with Gasteiger partial charge in [-0.25, -0.2) is 0 Å². The van der Waals surface area contributed by atoms with Gasteiger partial charge in [-0.05, 0) is 0 Å². The van der Waals surface area contributed by atoms with Crippen LogP contribution in [0.2, 0.25) is 0 Å². The van der Waals surface area contributed by atoms with E-state index in [4.69, 9.17) is 0 Å². The molecule has 0 atom stereocenters. The van der Waals surface area contributed by atoms with Gasteiger partial charge in [-0.15, -0.1) is 0 Å². The Labute approximate surface area is 181 Å². The molecule has 184 valence electrons. The highest BCUT2D eigenvalue weighted by atomic mass is 13.9. The lowest BCUT2D eigenvalue weighted by molar-refractivity contribution is 0.656. The lowest BCUT2D eigenvalue weighted by Crippen LogP contribution is -1.70. The molecule has 0 unspecified atom stereocenters. The summed E-state index contributed by atoms with van der Waals surface area (Å²) in [5.74, 6) is 0. The van der Waals surface area contributed by atoms with Crippen molar-refractivity contribution in [2.24, 2.45) is 0 Å². The SMILES string of the molecule is C.C.C.C.C.C.C.C.C.C.C.C.CCCCCCC.CCCCCCC. The van der Waals surface area contributed by atoms with E-state index in [9.17, 15) is 0 Å². The third-order valence-corrected chi connectivity index (χ3v) is 2.41. The third kappa shape index (κ3) is 198. The zero-order valence-electron chi connectivity index (χ0n) is 11.1. The molecule has 0 aliphatic carbocycles. The van der Waals surface area contributed by atoms with Crippen LogP contribution in [0.5, 0.6) is 0 Å². The first-order chi connectivity index (χ1) is 6.83. The van der Waals surface area contributed by atoms with E-state index < -0.39 is 0 Å². The molecular weight excluding hydrogens is 312 g/mol. The molecule has 26 heavy (non-hydrogen) atoms. The number of rotatable bonds is 8. The molecule has 0 aromatic heterocycles. The van der Waals surface area contributed by atoms with E-state index in [0.717, 1.165) is 0 Å². The minimum Gasteiger partial charge on any atom is -0.0776 e. The van der Waals surface area contributed by atoms with Crippen LogP contribution in [0.15, 0.2) is 0 Å². The maximum absolute atomic E-state index is 2.25. The summed E-state index contributed by atoms with van der Waals surface area (Å²) < 4.78 is 0. The third-order valence-electron chi connectivity index (χ3n) is 2.41. The Morgan fingerprint density at radius 3 is 0.423 bits per heavy atom. The average Bonchev–Trinajstić information content (AvgIpc) is 2.21. The van der Waals surface area contributed by atoms with Gasteiger partial charge in [-0.3, -0.25) is 0 Å². The largest absolute Gasteiger partial charge is 0.0776 e. The Morgan fingerprint density at radius 1 is 0.231 bits per heavy atom. The van der Waals surface area contributed by atoms with Crippen LogP contribution in [0.25, 0.3) is 0 Å². The Morgan fingerprint density at radius 2 is 0.346 bits per heavy atom. The molecule has 0 aliphatic heterocycles. The van der Waals surface area contributed by atoms with Gasteiger partial charge in [0, 0.05) is 0 Å². The summed E-state index contributed by atoms with van der Waals surface area (Å²) in [4.78, 5) is 0. The summed E-state index contributed by atoms with van der Waals surface area (Å²) in [6, 6.07) is 0. The zero-order valence-corrected chi connectivity index (χ0v) is 11.1. The van der Waals surface area contributed by atoms with Crippen LogP contribution in [-0.4, -0.2) is 0 Å². The second-order valence-electron chi connectivity index (χ2n) is 4.12. The van der Waals surface area contributed by atoms with E-state index in [-0.39, 0.29) is 89.1 Å². The van der Waals surface area contributed by atoms with Gasteiger partial charge in [0.2, 0.25) is 0 Å². The van der Waals surface area contributed by atoms with Gasteiger partial charge in [-0.2, -0.15) is 0 Å². The van der Waals surface area contributed by atoms with Gasteiger partial charge in [0.25, 0.3) is 0 Å². The van der Waals surface area contributed by atoms with Crippen molar-refractivity contribution in [2.75, 3.05) is 0 Å². The van der Waals surface area contributed by atoms with Crippen LogP contribution >= 0.6 is 0 Å². The van der Waals surface area contributed by atoms with Crippen molar-refractivity contribution < 1.29 is 0 Å². The maximum atomic E-state index is 2.25. The van der Waals surface area contributed by atoms with Crippen LogP contribution in [0.3, 0.4) is 0 Å². The van der Waals surface area contributed by atoms with Crippen molar-refractivity contribution in [3.8, 4) is 0 Å². The molecule has 0 saturated carbocycles. The Hall–Kier alpha value is 0. The molecule has 0 aromatic carbocycles. The van der Waals surface area contributed by atoms with Gasteiger partial charge in [-0.1, -0.05) is 181 Å². The van der Waals surface area contributed by atoms with Crippen molar-refractivity contribution >= 4 is 0 Å². The molecule has 0 heterocycles. The van der Waals surface area contributed by atoms with E-state index >= 15 is 0 Å². The highest BCUT2D eigenvalue weighted by Gasteiger charge is 1.80. The standard InChI is InChI=1S/2C7H16.12CH4/c2*1-3-5-7-6-4-2;;;;;;;;;;;;/h2*3-7H2,1-2H3;12*1H4. The highest BCUT2D eigenvalue weighted by molar-refractivity contribution is 4.36. The van der Waals surface area contributed by atoms with Gasteiger partial charge < -0.3 is 0 Å². The van der Waals surface area contributed by atoms with E-state index in [1.807, 2.05) is 0 Å². The minimum absolute atomic E-state index is 0. The average molecular weight is 393 g/mol. The Balaban J connectivity index is -0.00000000632. The summed E-state index contributed by atoms with van der Waals surface area (Å²) in [6.45, 7) is 8.98. The fraction of sp³-hybridized carbons (Fsp3) is 1.00. The fourth-order valence-electron chi connectivity index (χ4n) is 1.35. The quantitative estimate of drug-likeness (QED) is 0.360. The van der Waals surface area contributed by atoms with Gasteiger partial charge in [0.05, 0.1) is 0 Å². The normalized spacial score (nSPS) is 5.08. The second kappa shape index (κ2) is 144. The molecule has 0 fully saturated rings. The molecule has 0 saturated heterocycles. The van der Waals surface area contributed by atoms with E-state index in [2.05, 4.69) is 27.7 Å². The van der Waals surface area contributed by atoms with Crippen LogP contribution < -0.4 is 0 Å². The van der Waals surface area contributed by atoms with Crippen molar-refractivity contribution in [1.82, 2.24) is 0 Å². The van der Waals surface area contributed by atoms with Gasteiger partial charge >= 0.3 is 0 Å². The molecule has 0 bridgehead atoms. The van der Waals surface area contributed by atoms with Crippen molar-refractivity contribution in [2.45, 2.75) is 181 Å². The summed E-state index contributed by atoms with van der Waals surface area (Å²) >= 11 is 0. The molecule has 0 aromatic rings.